The molecule has 4 heterocycles. The van der Waals surface area contributed by atoms with Gasteiger partial charge in [-0.1, -0.05) is 0 Å². The van der Waals surface area contributed by atoms with Crippen molar-refractivity contribution in [3.05, 3.63) is 78.8 Å². The quantitative estimate of drug-likeness (QED) is 0.173. The summed E-state index contributed by atoms with van der Waals surface area (Å²) in [7, 11) is -13.5. The van der Waals surface area contributed by atoms with Gasteiger partial charge in [-0.15, -0.1) is 5.10 Å². The normalized spacial score (nSPS) is 14.5. The summed E-state index contributed by atoms with van der Waals surface area (Å²) in [6.07, 6.45) is 0.801. The number of H-pyrrole nitrogens is 3. The number of aromatic nitrogens is 6. The minimum absolute atomic E-state index is 0.124. The Morgan fingerprint density at radius 3 is 1.59 bits per heavy atom. The van der Waals surface area contributed by atoms with Crippen LogP contribution in [0.2, 0.25) is 0 Å². The molecule has 5 aromatic rings. The molecule has 3 N–H and O–H groups in total. The number of halogens is 9. The second-order valence-electron chi connectivity index (χ2n) is 7.48. The zero-order valence-corrected chi connectivity index (χ0v) is 19.8. The van der Waals surface area contributed by atoms with Gasteiger partial charge in [0.1, 0.15) is 11.0 Å². The van der Waals surface area contributed by atoms with Crippen molar-refractivity contribution in [2.75, 3.05) is 0 Å². The molecule has 0 saturated carbocycles. The third kappa shape index (κ3) is 6.44. The van der Waals surface area contributed by atoms with Crippen LogP contribution in [0.4, 0.5) is 38.4 Å². The van der Waals surface area contributed by atoms with Crippen LogP contribution in [0.3, 0.4) is 0 Å². The van der Waals surface area contributed by atoms with E-state index in [0.29, 0.717) is 5.52 Å². The monoisotopic (exact) mass is 576 g/mol. The molecule has 0 saturated heterocycles. The average molecular weight is 576 g/mol. The minimum atomic E-state index is -10.7. The molecule has 0 fully saturated rings. The molecule has 200 valence electrons. The molecule has 4 aromatic heterocycles. The van der Waals surface area contributed by atoms with Gasteiger partial charge in [0.05, 0.1) is 5.56 Å². The second-order valence-corrected chi connectivity index (χ2v) is 12.2. The Balaban J connectivity index is 0.000000405. The van der Waals surface area contributed by atoms with E-state index in [1.165, 1.54) is 6.07 Å². The van der Waals surface area contributed by atoms with Gasteiger partial charge in [-0.25, -0.2) is 4.62 Å². The number of rotatable bonds is 5. The van der Waals surface area contributed by atoms with Gasteiger partial charge in [0, 0.05) is 36.8 Å². The first-order valence-electron chi connectivity index (χ1n) is 9.93. The molecule has 0 amide bonds. The summed E-state index contributed by atoms with van der Waals surface area (Å²) in [5, 5.41) is 7.97. The first-order valence-corrected chi connectivity index (χ1v) is 13.7. The van der Waals surface area contributed by atoms with Crippen LogP contribution in [-0.4, -0.2) is 30.1 Å². The number of aromatic amines is 3. The maximum atomic E-state index is 13.3. The van der Waals surface area contributed by atoms with E-state index in [4.69, 9.17) is 4.62 Å². The van der Waals surface area contributed by atoms with Crippen molar-refractivity contribution in [2.24, 2.45) is 0 Å². The molecule has 0 aliphatic rings. The number of nitrogens with zero attached hydrogens (tertiary/aromatic N) is 3. The van der Waals surface area contributed by atoms with Crippen LogP contribution in [0.1, 0.15) is 5.56 Å². The summed E-state index contributed by atoms with van der Waals surface area (Å²) < 4.78 is 105. The zero-order valence-electron chi connectivity index (χ0n) is 18.0. The summed E-state index contributed by atoms with van der Waals surface area (Å²) >= 11 is 0. The molecule has 1 aromatic carbocycles. The molecule has 0 radical (unpaired) electrons. The molecule has 0 bridgehead atoms. The molecule has 5 rings (SSSR count). The third-order valence-electron chi connectivity index (χ3n) is 4.70. The average Bonchev–Trinajstić information content (AvgIpc) is 3.57. The van der Waals surface area contributed by atoms with E-state index in [1.54, 1.807) is 18.6 Å². The van der Waals surface area contributed by atoms with Gasteiger partial charge in [-0.2, -0.15) is 13.2 Å². The molecule has 7 nitrogen and oxygen atoms in total. The summed E-state index contributed by atoms with van der Waals surface area (Å²) in [6.45, 7) is 0. The van der Waals surface area contributed by atoms with E-state index in [0.717, 1.165) is 33.3 Å². The van der Waals surface area contributed by atoms with Crippen molar-refractivity contribution in [2.45, 2.75) is 6.18 Å². The molecule has 0 unspecified atom stereocenters. The Kier molecular flexibility index (Phi) is 5.92. The SMILES string of the molecule is FC(F)(F)c1ccc2nnn(O[P+](c3ccc[nH]3)(c3ccc[nH]3)c3ccc[nH]3)c2c1.F[P-](F)(F)(F)(F)F. The molecule has 0 spiro atoms. The predicted octanol–water partition coefficient (Wildman–Crippen LogP) is 6.15. The van der Waals surface area contributed by atoms with Crippen molar-refractivity contribution in [3.8, 4) is 0 Å². The van der Waals surface area contributed by atoms with E-state index in [2.05, 4.69) is 25.3 Å². The Hall–Kier alpha value is -3.51. The molecular formula is C19H15F9N6OP2. The van der Waals surface area contributed by atoms with Crippen LogP contribution in [0.25, 0.3) is 11.0 Å². The van der Waals surface area contributed by atoms with Gasteiger partial charge >= 0.3 is 46.7 Å². The van der Waals surface area contributed by atoms with E-state index < -0.39 is 27.0 Å². The maximum absolute atomic E-state index is 13.3. The van der Waals surface area contributed by atoms with Crippen LogP contribution < -0.4 is 20.9 Å². The van der Waals surface area contributed by atoms with E-state index >= 15 is 0 Å². The Morgan fingerprint density at radius 1 is 0.757 bits per heavy atom. The number of hydrogen-bond donors (Lipinski definition) is 3. The molecular weight excluding hydrogens is 561 g/mol. The summed E-state index contributed by atoms with van der Waals surface area (Å²) in [5.41, 5.74) is 1.88. The Bertz CT molecular complexity index is 1380. The van der Waals surface area contributed by atoms with Crippen LogP contribution >= 0.6 is 15.3 Å². The number of fused-ring (bicyclic) bond motifs is 1. The fraction of sp³-hybridized carbons (Fsp3) is 0.0526. The van der Waals surface area contributed by atoms with Crippen molar-refractivity contribution in [1.29, 1.82) is 0 Å². The first kappa shape index (κ1) is 26.6. The van der Waals surface area contributed by atoms with Gasteiger partial charge in [0.2, 0.25) is 16.3 Å². The number of benzene rings is 1. The predicted molar refractivity (Wildman–Crippen MR) is 121 cm³/mol. The third-order valence-corrected chi connectivity index (χ3v) is 7.97. The van der Waals surface area contributed by atoms with Crippen molar-refractivity contribution >= 4 is 42.6 Å². The molecule has 37 heavy (non-hydrogen) atoms. The fourth-order valence-electron chi connectivity index (χ4n) is 3.32. The van der Waals surface area contributed by atoms with Crippen LogP contribution in [0, 0.1) is 0 Å². The summed E-state index contributed by atoms with van der Waals surface area (Å²) in [4.78, 5) is 10.7. The standard InChI is InChI=1S/C19H15F3N6OP.F6P/c20-19(21,22)13-7-8-14-15(12-13)28(27-26-14)29-30(16-4-1-9-23-16,17-5-2-10-24-17)18-6-3-11-25-18;1-7(2,3,4,5)6/h1-12,23-25H;/q+1;-1. The summed E-state index contributed by atoms with van der Waals surface area (Å²) in [6, 6.07) is 14.4. The van der Waals surface area contributed by atoms with Crippen LogP contribution in [-0.2, 0) is 6.18 Å². The van der Waals surface area contributed by atoms with E-state index in [9.17, 15) is 38.4 Å². The van der Waals surface area contributed by atoms with Gasteiger partial charge < -0.3 is 15.0 Å². The van der Waals surface area contributed by atoms with E-state index in [-0.39, 0.29) is 5.52 Å². The molecule has 0 aliphatic carbocycles. The van der Waals surface area contributed by atoms with Crippen LogP contribution in [0.5, 0.6) is 0 Å². The fourth-order valence-corrected chi connectivity index (χ4v) is 6.37. The van der Waals surface area contributed by atoms with E-state index in [1.807, 2.05) is 36.4 Å². The number of nitrogens with one attached hydrogen (secondary N) is 3. The van der Waals surface area contributed by atoms with Gasteiger partial charge in [0.15, 0.2) is 0 Å². The Labute approximate surface area is 201 Å². The molecule has 18 heteroatoms. The van der Waals surface area contributed by atoms with Gasteiger partial charge in [0.25, 0.3) is 0 Å². The molecule has 0 aliphatic heterocycles. The van der Waals surface area contributed by atoms with Crippen molar-refractivity contribution < 1.29 is 43.0 Å². The second kappa shape index (κ2) is 8.25. The van der Waals surface area contributed by atoms with Crippen molar-refractivity contribution in [1.82, 2.24) is 30.1 Å². The molecule has 0 atom stereocenters. The van der Waals surface area contributed by atoms with Gasteiger partial charge in [-0.05, 0) is 46.5 Å². The van der Waals surface area contributed by atoms with Crippen LogP contribution in [0.15, 0.2) is 73.2 Å². The van der Waals surface area contributed by atoms with Gasteiger partial charge in [-0.3, -0.25) is 0 Å². The van der Waals surface area contributed by atoms with Crippen molar-refractivity contribution in [3.63, 3.8) is 0 Å². The Morgan fingerprint density at radius 2 is 1.22 bits per heavy atom. The zero-order chi connectivity index (χ0) is 27.2. The topological polar surface area (TPSA) is 87.3 Å². The first-order chi connectivity index (χ1) is 16.9. The number of hydrogen-bond acceptors (Lipinski definition) is 3. The summed E-state index contributed by atoms with van der Waals surface area (Å²) in [5.74, 6) is 0. The number of alkyl halides is 3.